The van der Waals surface area contributed by atoms with Crippen molar-refractivity contribution in [2.24, 2.45) is 0 Å². The molecule has 0 aliphatic carbocycles. The second kappa shape index (κ2) is 7.35. The number of hydrogen-bond acceptors (Lipinski definition) is 7. The number of rotatable bonds is 6. The second-order valence-electron chi connectivity index (χ2n) is 4.37. The van der Waals surface area contributed by atoms with E-state index in [1.165, 1.54) is 33.5 Å². The summed E-state index contributed by atoms with van der Waals surface area (Å²) in [5.74, 6) is -0.130. The van der Waals surface area contributed by atoms with Gasteiger partial charge in [0.15, 0.2) is 11.5 Å². The largest absolute Gasteiger partial charge is 0.493 e. The summed E-state index contributed by atoms with van der Waals surface area (Å²) in [6, 6.07) is 7.86. The molecular weight excluding hydrogens is 304 g/mol. The van der Waals surface area contributed by atoms with Gasteiger partial charge in [-0.05, 0) is 24.3 Å². The van der Waals surface area contributed by atoms with E-state index in [0.29, 0.717) is 11.5 Å². The van der Waals surface area contributed by atoms with Gasteiger partial charge < -0.3 is 23.4 Å². The Kier molecular flexibility index (Phi) is 5.24. The van der Waals surface area contributed by atoms with E-state index < -0.39 is 11.9 Å². The van der Waals surface area contributed by atoms with Gasteiger partial charge in [0.2, 0.25) is 5.76 Å². The van der Waals surface area contributed by atoms with Gasteiger partial charge in [0.25, 0.3) is 0 Å². The first-order valence-corrected chi connectivity index (χ1v) is 6.65. The lowest BCUT2D eigenvalue weighted by Crippen LogP contribution is -2.07. The zero-order valence-corrected chi connectivity index (χ0v) is 13.0. The van der Waals surface area contributed by atoms with Crippen molar-refractivity contribution in [2.75, 3.05) is 21.3 Å². The third kappa shape index (κ3) is 3.63. The Morgan fingerprint density at radius 2 is 1.78 bits per heavy atom. The van der Waals surface area contributed by atoms with Gasteiger partial charge in [0.05, 0.1) is 21.3 Å². The van der Waals surface area contributed by atoms with Gasteiger partial charge in [-0.3, -0.25) is 0 Å². The maximum absolute atomic E-state index is 12.2. The monoisotopic (exact) mass is 320 g/mol. The number of para-hydroxylation sites is 1. The minimum Gasteiger partial charge on any atom is -0.493 e. The lowest BCUT2D eigenvalue weighted by molar-refractivity contribution is 0.0434. The van der Waals surface area contributed by atoms with E-state index in [1.54, 1.807) is 18.2 Å². The first-order chi connectivity index (χ1) is 11.1. The van der Waals surface area contributed by atoms with E-state index in [-0.39, 0.29) is 23.7 Å². The third-order valence-corrected chi connectivity index (χ3v) is 3.02. The molecule has 0 unspecified atom stereocenters. The molecule has 0 bridgehead atoms. The minimum atomic E-state index is -0.600. The van der Waals surface area contributed by atoms with Crippen molar-refractivity contribution in [3.05, 3.63) is 47.4 Å². The Labute approximate surface area is 132 Å². The maximum Gasteiger partial charge on any atom is 0.373 e. The molecule has 0 spiro atoms. The van der Waals surface area contributed by atoms with Gasteiger partial charge in [-0.15, -0.1) is 0 Å². The van der Waals surface area contributed by atoms with Crippen molar-refractivity contribution in [3.8, 4) is 11.5 Å². The molecule has 0 radical (unpaired) electrons. The van der Waals surface area contributed by atoms with E-state index in [0.717, 1.165) is 0 Å². The number of ether oxygens (including phenoxy) is 4. The summed E-state index contributed by atoms with van der Waals surface area (Å²) in [6.07, 6.45) is 0. The van der Waals surface area contributed by atoms with Crippen LogP contribution in [0.15, 0.2) is 34.7 Å². The molecule has 0 aliphatic heterocycles. The molecule has 23 heavy (non-hydrogen) atoms. The van der Waals surface area contributed by atoms with Gasteiger partial charge in [-0.25, -0.2) is 9.59 Å². The quantitative estimate of drug-likeness (QED) is 0.756. The van der Waals surface area contributed by atoms with Crippen LogP contribution in [0.2, 0.25) is 0 Å². The molecule has 2 aromatic rings. The van der Waals surface area contributed by atoms with Crippen molar-refractivity contribution in [3.63, 3.8) is 0 Å². The minimum absolute atomic E-state index is 0.0394. The molecule has 1 aromatic heterocycles. The van der Waals surface area contributed by atoms with Crippen LogP contribution in [0.4, 0.5) is 0 Å². The SMILES string of the molecule is COC(=O)c1ccc(COC(=O)c2cccc(OC)c2OC)o1. The van der Waals surface area contributed by atoms with E-state index in [1.807, 2.05) is 0 Å². The average Bonchev–Trinajstić information content (AvgIpc) is 3.07. The zero-order valence-electron chi connectivity index (χ0n) is 13.0. The van der Waals surface area contributed by atoms with Crippen LogP contribution in [-0.2, 0) is 16.1 Å². The molecule has 2 rings (SSSR count). The third-order valence-electron chi connectivity index (χ3n) is 3.02. The Morgan fingerprint density at radius 1 is 1.00 bits per heavy atom. The number of methoxy groups -OCH3 is 3. The van der Waals surface area contributed by atoms with Gasteiger partial charge >= 0.3 is 11.9 Å². The lowest BCUT2D eigenvalue weighted by Gasteiger charge is -2.11. The van der Waals surface area contributed by atoms with Crippen molar-refractivity contribution < 1.29 is 33.0 Å². The van der Waals surface area contributed by atoms with E-state index >= 15 is 0 Å². The fourth-order valence-corrected chi connectivity index (χ4v) is 1.93. The molecule has 0 atom stereocenters. The highest BCUT2D eigenvalue weighted by molar-refractivity contribution is 5.93. The van der Waals surface area contributed by atoms with Gasteiger partial charge in [0.1, 0.15) is 17.9 Å². The van der Waals surface area contributed by atoms with E-state index in [9.17, 15) is 9.59 Å². The highest BCUT2D eigenvalue weighted by Gasteiger charge is 2.18. The fourth-order valence-electron chi connectivity index (χ4n) is 1.93. The molecular formula is C16H16O7. The fraction of sp³-hybridized carbons (Fsp3) is 0.250. The first kappa shape index (κ1) is 16.4. The van der Waals surface area contributed by atoms with E-state index in [2.05, 4.69) is 4.74 Å². The van der Waals surface area contributed by atoms with Crippen LogP contribution in [0, 0.1) is 0 Å². The standard InChI is InChI=1S/C16H16O7/c1-19-12-6-4-5-11(14(12)20-2)15(17)22-9-10-7-8-13(23-10)16(18)21-3/h4-8H,9H2,1-3H3. The summed E-state index contributed by atoms with van der Waals surface area (Å²) in [6.45, 7) is -0.129. The van der Waals surface area contributed by atoms with Crippen LogP contribution in [0.5, 0.6) is 11.5 Å². The summed E-state index contributed by atoms with van der Waals surface area (Å²) < 4.78 is 25.2. The van der Waals surface area contributed by atoms with Gasteiger partial charge in [-0.2, -0.15) is 0 Å². The summed E-state index contributed by atoms with van der Waals surface area (Å²) in [4.78, 5) is 23.5. The number of carbonyl (C=O) groups is 2. The van der Waals surface area contributed by atoms with Gasteiger partial charge in [-0.1, -0.05) is 6.07 Å². The number of furan rings is 1. The number of esters is 2. The number of benzene rings is 1. The van der Waals surface area contributed by atoms with Crippen LogP contribution in [0.3, 0.4) is 0 Å². The first-order valence-electron chi connectivity index (χ1n) is 6.65. The molecule has 0 amide bonds. The molecule has 1 heterocycles. The summed E-state index contributed by atoms with van der Waals surface area (Å²) in [7, 11) is 4.16. The van der Waals surface area contributed by atoms with Crippen LogP contribution in [-0.4, -0.2) is 33.3 Å². The molecule has 1 aromatic carbocycles. The highest BCUT2D eigenvalue weighted by atomic mass is 16.6. The second-order valence-corrected chi connectivity index (χ2v) is 4.37. The topological polar surface area (TPSA) is 84.2 Å². The van der Waals surface area contributed by atoms with Crippen LogP contribution >= 0.6 is 0 Å². The average molecular weight is 320 g/mol. The highest BCUT2D eigenvalue weighted by Crippen LogP contribution is 2.31. The molecule has 0 N–H and O–H groups in total. The van der Waals surface area contributed by atoms with Crippen molar-refractivity contribution in [1.82, 2.24) is 0 Å². The molecule has 7 nitrogen and oxygen atoms in total. The Hall–Kier alpha value is -2.96. The summed E-state index contributed by atoms with van der Waals surface area (Å²) >= 11 is 0. The van der Waals surface area contributed by atoms with Crippen LogP contribution in [0.25, 0.3) is 0 Å². The predicted molar refractivity (Wildman–Crippen MR) is 78.7 cm³/mol. The number of carbonyl (C=O) groups excluding carboxylic acids is 2. The molecule has 0 aliphatic rings. The van der Waals surface area contributed by atoms with Crippen molar-refractivity contribution in [1.29, 1.82) is 0 Å². The summed E-state index contributed by atoms with van der Waals surface area (Å²) in [5, 5.41) is 0. The molecule has 0 saturated carbocycles. The Morgan fingerprint density at radius 3 is 2.43 bits per heavy atom. The molecule has 0 saturated heterocycles. The number of hydrogen-bond donors (Lipinski definition) is 0. The van der Waals surface area contributed by atoms with Gasteiger partial charge in [0, 0.05) is 0 Å². The smallest absolute Gasteiger partial charge is 0.373 e. The molecule has 0 fully saturated rings. The van der Waals surface area contributed by atoms with Crippen LogP contribution < -0.4 is 9.47 Å². The Balaban J connectivity index is 2.08. The van der Waals surface area contributed by atoms with Crippen molar-refractivity contribution in [2.45, 2.75) is 6.61 Å². The Bertz CT molecular complexity index is 702. The molecule has 7 heteroatoms. The lowest BCUT2D eigenvalue weighted by atomic mass is 10.2. The summed E-state index contributed by atoms with van der Waals surface area (Å²) in [5.41, 5.74) is 0.228. The predicted octanol–water partition coefficient (Wildman–Crippen LogP) is 2.44. The zero-order chi connectivity index (χ0) is 16.8. The molecule has 122 valence electrons. The van der Waals surface area contributed by atoms with Crippen molar-refractivity contribution >= 4 is 11.9 Å². The van der Waals surface area contributed by atoms with E-state index in [4.69, 9.17) is 18.6 Å². The maximum atomic E-state index is 12.2. The normalized spacial score (nSPS) is 10.0. The van der Waals surface area contributed by atoms with Crippen LogP contribution in [0.1, 0.15) is 26.7 Å².